The largest absolute Gasteiger partial charge is 0.380 e. The normalized spacial score (nSPS) is 11.7. The van der Waals surface area contributed by atoms with Gasteiger partial charge >= 0.3 is 0 Å². The first kappa shape index (κ1) is 17.1. The van der Waals surface area contributed by atoms with Gasteiger partial charge in [-0.15, -0.1) is 0 Å². The summed E-state index contributed by atoms with van der Waals surface area (Å²) < 4.78 is 29.5. The first-order valence-corrected chi connectivity index (χ1v) is 8.79. The molecule has 1 N–H and O–H groups in total. The van der Waals surface area contributed by atoms with Crippen LogP contribution in [0.2, 0.25) is 0 Å². The van der Waals surface area contributed by atoms with E-state index in [0.29, 0.717) is 24.6 Å². The van der Waals surface area contributed by atoms with Crippen molar-refractivity contribution in [3.63, 3.8) is 0 Å². The number of unbranched alkanes of at least 4 members (excludes halogenated alkanes) is 1. The molecule has 0 fully saturated rings. The summed E-state index contributed by atoms with van der Waals surface area (Å²) in [5.41, 5.74) is 1.06. The lowest BCUT2D eigenvalue weighted by molar-refractivity contribution is 0.133. The maximum absolute atomic E-state index is 12.0. The molecule has 0 saturated heterocycles. The Bertz CT molecular complexity index is 468. The highest BCUT2D eigenvalue weighted by Crippen LogP contribution is 2.11. The third-order valence-electron chi connectivity index (χ3n) is 2.99. The van der Waals surface area contributed by atoms with Gasteiger partial charge in [-0.2, -0.15) is 0 Å². The maximum atomic E-state index is 12.0. The zero-order valence-electron chi connectivity index (χ0n) is 12.4. The van der Waals surface area contributed by atoms with Gasteiger partial charge in [0.25, 0.3) is 0 Å². The highest BCUT2D eigenvalue weighted by Gasteiger charge is 2.13. The van der Waals surface area contributed by atoms with Gasteiger partial charge in [-0.1, -0.05) is 31.0 Å². The van der Waals surface area contributed by atoms with E-state index in [9.17, 15) is 8.42 Å². The standard InChI is InChI=1S/C15H25NO3S/c1-3-4-11-19-12-9-16-10-13-20(17,18)15-7-5-14(2)6-8-15/h5-8,16H,3-4,9-13H2,1-2H3. The molecule has 0 aliphatic heterocycles. The fourth-order valence-electron chi connectivity index (χ4n) is 1.69. The molecule has 0 heterocycles. The number of nitrogens with one attached hydrogen (secondary N) is 1. The number of benzene rings is 1. The predicted molar refractivity (Wildman–Crippen MR) is 81.8 cm³/mol. The molecule has 0 radical (unpaired) electrons. The summed E-state index contributed by atoms with van der Waals surface area (Å²) in [4.78, 5) is 0.393. The van der Waals surface area contributed by atoms with Crippen molar-refractivity contribution in [3.8, 4) is 0 Å². The Morgan fingerprint density at radius 3 is 2.45 bits per heavy atom. The summed E-state index contributed by atoms with van der Waals surface area (Å²) in [5, 5.41) is 3.10. The van der Waals surface area contributed by atoms with Crippen LogP contribution in [0.5, 0.6) is 0 Å². The average Bonchev–Trinajstić information content (AvgIpc) is 2.42. The van der Waals surface area contributed by atoms with Gasteiger partial charge in [0.15, 0.2) is 9.84 Å². The van der Waals surface area contributed by atoms with Gasteiger partial charge in [0.1, 0.15) is 0 Å². The number of sulfone groups is 1. The molecular weight excluding hydrogens is 274 g/mol. The second-order valence-corrected chi connectivity index (χ2v) is 6.96. The molecule has 0 aromatic heterocycles. The second kappa shape index (κ2) is 9.10. The van der Waals surface area contributed by atoms with E-state index >= 15 is 0 Å². The van der Waals surface area contributed by atoms with Crippen LogP contribution in [0.3, 0.4) is 0 Å². The topological polar surface area (TPSA) is 55.4 Å². The Hall–Kier alpha value is -0.910. The first-order chi connectivity index (χ1) is 9.56. The summed E-state index contributed by atoms with van der Waals surface area (Å²) in [6, 6.07) is 6.97. The van der Waals surface area contributed by atoms with Crippen LogP contribution in [-0.4, -0.2) is 40.5 Å². The van der Waals surface area contributed by atoms with Crippen molar-refractivity contribution in [1.82, 2.24) is 5.32 Å². The Balaban J connectivity index is 2.22. The van der Waals surface area contributed by atoms with Gasteiger partial charge in [0, 0.05) is 19.7 Å². The van der Waals surface area contributed by atoms with Crippen LogP contribution in [0, 0.1) is 6.92 Å². The van der Waals surface area contributed by atoms with Crippen LogP contribution in [0.4, 0.5) is 0 Å². The number of rotatable bonds is 10. The Kier molecular flexibility index (Phi) is 7.80. The third-order valence-corrected chi connectivity index (χ3v) is 4.73. The van der Waals surface area contributed by atoms with Gasteiger partial charge in [-0.25, -0.2) is 8.42 Å². The van der Waals surface area contributed by atoms with Crippen molar-refractivity contribution in [2.24, 2.45) is 0 Å². The number of ether oxygens (including phenoxy) is 1. The quantitative estimate of drug-likeness (QED) is 0.673. The molecule has 1 aromatic carbocycles. The van der Waals surface area contributed by atoms with Gasteiger partial charge in [-0.3, -0.25) is 0 Å². The Labute approximate surface area is 122 Å². The summed E-state index contributed by atoms with van der Waals surface area (Å²) in [6.07, 6.45) is 2.20. The lowest BCUT2D eigenvalue weighted by Gasteiger charge is -2.07. The fourth-order valence-corrected chi connectivity index (χ4v) is 2.89. The van der Waals surface area contributed by atoms with E-state index in [1.54, 1.807) is 12.1 Å². The fraction of sp³-hybridized carbons (Fsp3) is 0.600. The van der Waals surface area contributed by atoms with Crippen LogP contribution in [0.15, 0.2) is 29.2 Å². The minimum Gasteiger partial charge on any atom is -0.380 e. The summed E-state index contributed by atoms with van der Waals surface area (Å²) in [6.45, 7) is 6.61. The van der Waals surface area contributed by atoms with E-state index in [4.69, 9.17) is 4.74 Å². The molecule has 0 aliphatic carbocycles. The Morgan fingerprint density at radius 2 is 1.80 bits per heavy atom. The van der Waals surface area contributed by atoms with E-state index < -0.39 is 9.84 Å². The average molecular weight is 299 g/mol. The minimum atomic E-state index is -3.18. The molecular formula is C15H25NO3S. The minimum absolute atomic E-state index is 0.116. The van der Waals surface area contributed by atoms with Crippen LogP contribution in [-0.2, 0) is 14.6 Å². The SMILES string of the molecule is CCCCOCCNCCS(=O)(=O)c1ccc(C)cc1. The van der Waals surface area contributed by atoms with Crippen LogP contribution in [0.25, 0.3) is 0 Å². The molecule has 0 atom stereocenters. The zero-order valence-corrected chi connectivity index (χ0v) is 13.2. The lowest BCUT2D eigenvalue weighted by Crippen LogP contribution is -2.26. The van der Waals surface area contributed by atoms with Gasteiger partial charge in [0.2, 0.25) is 0 Å². The predicted octanol–water partition coefficient (Wildman–Crippen LogP) is 2.18. The highest BCUT2D eigenvalue weighted by molar-refractivity contribution is 7.91. The molecule has 1 aromatic rings. The summed E-state index contributed by atoms with van der Waals surface area (Å²) >= 11 is 0. The Morgan fingerprint density at radius 1 is 1.10 bits per heavy atom. The monoisotopic (exact) mass is 299 g/mol. The molecule has 1 rings (SSSR count). The first-order valence-electron chi connectivity index (χ1n) is 7.14. The molecule has 0 aliphatic rings. The van der Waals surface area contributed by atoms with Gasteiger partial charge < -0.3 is 10.1 Å². The van der Waals surface area contributed by atoms with Crippen molar-refractivity contribution < 1.29 is 13.2 Å². The number of aryl methyl sites for hydroxylation is 1. The molecule has 0 unspecified atom stereocenters. The zero-order chi connectivity index (χ0) is 14.8. The van der Waals surface area contributed by atoms with E-state index in [1.807, 2.05) is 19.1 Å². The van der Waals surface area contributed by atoms with Gasteiger partial charge in [-0.05, 0) is 25.5 Å². The van der Waals surface area contributed by atoms with E-state index in [-0.39, 0.29) is 5.75 Å². The highest BCUT2D eigenvalue weighted by atomic mass is 32.2. The van der Waals surface area contributed by atoms with E-state index in [0.717, 1.165) is 25.0 Å². The van der Waals surface area contributed by atoms with Crippen molar-refractivity contribution in [1.29, 1.82) is 0 Å². The molecule has 0 amide bonds. The second-order valence-electron chi connectivity index (χ2n) is 4.85. The lowest BCUT2D eigenvalue weighted by atomic mass is 10.2. The van der Waals surface area contributed by atoms with Crippen LogP contribution in [0.1, 0.15) is 25.3 Å². The summed E-state index contributed by atoms with van der Waals surface area (Å²) in [7, 11) is -3.18. The van der Waals surface area contributed by atoms with Crippen LogP contribution < -0.4 is 5.32 Å². The molecule has 114 valence electrons. The summed E-state index contributed by atoms with van der Waals surface area (Å²) in [5.74, 6) is 0.116. The van der Waals surface area contributed by atoms with Crippen LogP contribution >= 0.6 is 0 Å². The van der Waals surface area contributed by atoms with Crippen molar-refractivity contribution in [2.45, 2.75) is 31.6 Å². The van der Waals surface area contributed by atoms with E-state index in [1.165, 1.54) is 0 Å². The number of hydrogen-bond donors (Lipinski definition) is 1. The van der Waals surface area contributed by atoms with Crippen molar-refractivity contribution in [2.75, 3.05) is 32.1 Å². The molecule has 20 heavy (non-hydrogen) atoms. The maximum Gasteiger partial charge on any atom is 0.179 e. The van der Waals surface area contributed by atoms with Gasteiger partial charge in [0.05, 0.1) is 17.3 Å². The molecule has 0 bridgehead atoms. The molecule has 4 nitrogen and oxygen atoms in total. The van der Waals surface area contributed by atoms with E-state index in [2.05, 4.69) is 12.2 Å². The van der Waals surface area contributed by atoms with Crippen molar-refractivity contribution in [3.05, 3.63) is 29.8 Å². The molecule has 0 saturated carbocycles. The molecule has 0 spiro atoms. The smallest absolute Gasteiger partial charge is 0.179 e. The third kappa shape index (κ3) is 6.50. The van der Waals surface area contributed by atoms with Crippen molar-refractivity contribution >= 4 is 9.84 Å². The molecule has 5 heteroatoms. The number of hydrogen-bond acceptors (Lipinski definition) is 4.